The van der Waals surface area contributed by atoms with Crippen molar-refractivity contribution in [3.05, 3.63) is 33.8 Å². The van der Waals surface area contributed by atoms with Crippen LogP contribution in [0.4, 0.5) is 0 Å². The molecule has 1 aromatic rings. The predicted molar refractivity (Wildman–Crippen MR) is 62.4 cm³/mol. The number of nitrogens with zero attached hydrogens (tertiary/aromatic N) is 1. The summed E-state index contributed by atoms with van der Waals surface area (Å²) in [6.07, 6.45) is 0.606. The molecule has 0 radical (unpaired) electrons. The van der Waals surface area contributed by atoms with Crippen molar-refractivity contribution in [3.8, 4) is 0 Å². The van der Waals surface area contributed by atoms with Gasteiger partial charge in [-0.15, -0.1) is 0 Å². The van der Waals surface area contributed by atoms with Gasteiger partial charge in [0, 0.05) is 13.1 Å². The highest BCUT2D eigenvalue weighted by Crippen LogP contribution is 2.35. The first-order valence-electron chi connectivity index (χ1n) is 4.60. The minimum Gasteiger partial charge on any atom is -0.384 e. The van der Waals surface area contributed by atoms with Gasteiger partial charge in [-0.3, -0.25) is 0 Å². The van der Waals surface area contributed by atoms with Gasteiger partial charge in [-0.1, -0.05) is 29.3 Å². The number of rotatable bonds is 1. The molecule has 1 heterocycles. The molecule has 2 nitrogen and oxygen atoms in total. The maximum Gasteiger partial charge on any atom is 0.105 e. The van der Waals surface area contributed by atoms with Crippen molar-refractivity contribution >= 4 is 35.0 Å². The summed E-state index contributed by atoms with van der Waals surface area (Å²) in [5, 5.41) is 11.3. The predicted octanol–water partition coefficient (Wildman–Crippen LogP) is 3.04. The molecule has 2 rings (SSSR count). The lowest BCUT2D eigenvalue weighted by Gasteiger charge is -2.22. The molecule has 1 atom stereocenters. The fourth-order valence-corrected chi connectivity index (χ4v) is 2.35. The van der Waals surface area contributed by atoms with Crippen LogP contribution in [0, 0.1) is 0 Å². The molecule has 1 aliphatic rings. The van der Waals surface area contributed by atoms with E-state index in [1.807, 2.05) is 0 Å². The Morgan fingerprint density at radius 1 is 1.27 bits per heavy atom. The molecule has 15 heavy (non-hydrogen) atoms. The number of β-amino-alcohol motifs (C(OH)–C–C–N with tert-alkyl or cyclic N) is 1. The number of hydrogen-bond acceptors (Lipinski definition) is 2. The van der Waals surface area contributed by atoms with Crippen molar-refractivity contribution in [2.75, 3.05) is 13.1 Å². The molecule has 0 aromatic heterocycles. The second-order valence-corrected chi connectivity index (χ2v) is 5.05. The van der Waals surface area contributed by atoms with Crippen LogP contribution in [0.15, 0.2) is 18.2 Å². The maximum atomic E-state index is 10.3. The summed E-state index contributed by atoms with van der Waals surface area (Å²) >= 11 is 17.5. The summed E-state index contributed by atoms with van der Waals surface area (Å²) in [6, 6.07) is 5.16. The van der Waals surface area contributed by atoms with Crippen LogP contribution < -0.4 is 0 Å². The van der Waals surface area contributed by atoms with Gasteiger partial charge in [0.25, 0.3) is 0 Å². The highest BCUT2D eigenvalue weighted by atomic mass is 35.5. The molecular formula is C10H10Cl3NO. The third-order valence-electron chi connectivity index (χ3n) is 2.66. The SMILES string of the molecule is OC1(c2ccc(Cl)c(Cl)c2)CCN(Cl)C1. The third-order valence-corrected chi connectivity index (χ3v) is 3.69. The van der Waals surface area contributed by atoms with E-state index in [4.69, 9.17) is 35.0 Å². The molecule has 82 valence electrons. The molecule has 1 N–H and O–H groups in total. The molecule has 0 spiro atoms. The van der Waals surface area contributed by atoms with Crippen LogP contribution in [-0.2, 0) is 5.60 Å². The zero-order valence-corrected chi connectivity index (χ0v) is 10.1. The largest absolute Gasteiger partial charge is 0.384 e. The average Bonchev–Trinajstić information content (AvgIpc) is 2.52. The minimum atomic E-state index is -0.907. The molecular weight excluding hydrogens is 256 g/mol. The monoisotopic (exact) mass is 265 g/mol. The lowest BCUT2D eigenvalue weighted by atomic mass is 9.93. The quantitative estimate of drug-likeness (QED) is 0.790. The normalized spacial score (nSPS) is 27.2. The van der Waals surface area contributed by atoms with Crippen LogP contribution in [0.1, 0.15) is 12.0 Å². The van der Waals surface area contributed by atoms with Crippen molar-refractivity contribution in [1.29, 1.82) is 0 Å². The summed E-state index contributed by atoms with van der Waals surface area (Å²) < 4.78 is 1.57. The van der Waals surface area contributed by atoms with Gasteiger partial charge >= 0.3 is 0 Å². The van der Waals surface area contributed by atoms with Crippen molar-refractivity contribution in [1.82, 2.24) is 4.42 Å². The van der Waals surface area contributed by atoms with E-state index in [1.54, 1.807) is 22.6 Å². The second-order valence-electron chi connectivity index (χ2n) is 3.75. The van der Waals surface area contributed by atoms with E-state index in [1.165, 1.54) is 0 Å². The summed E-state index contributed by atoms with van der Waals surface area (Å²) in [6.45, 7) is 1.07. The highest BCUT2D eigenvalue weighted by molar-refractivity contribution is 6.42. The Hall–Kier alpha value is 0.01000. The van der Waals surface area contributed by atoms with Crippen LogP contribution in [0.2, 0.25) is 10.0 Å². The Morgan fingerprint density at radius 2 is 2.00 bits per heavy atom. The molecule has 1 aliphatic heterocycles. The molecule has 0 saturated carbocycles. The molecule has 0 bridgehead atoms. The Bertz CT molecular complexity index is 385. The van der Waals surface area contributed by atoms with E-state index < -0.39 is 5.60 Å². The molecule has 1 aromatic carbocycles. The van der Waals surface area contributed by atoms with Crippen LogP contribution in [0.25, 0.3) is 0 Å². The molecule has 0 amide bonds. The van der Waals surface area contributed by atoms with E-state index in [0.717, 1.165) is 5.56 Å². The molecule has 1 unspecified atom stereocenters. The van der Waals surface area contributed by atoms with E-state index in [0.29, 0.717) is 29.6 Å². The van der Waals surface area contributed by atoms with Crippen molar-refractivity contribution < 1.29 is 5.11 Å². The van der Waals surface area contributed by atoms with Gasteiger partial charge in [0.1, 0.15) is 5.60 Å². The Balaban J connectivity index is 2.33. The van der Waals surface area contributed by atoms with Crippen LogP contribution >= 0.6 is 35.0 Å². The van der Waals surface area contributed by atoms with Gasteiger partial charge in [0.05, 0.1) is 10.0 Å². The standard InChI is InChI=1S/C10H10Cl3NO/c11-8-2-1-7(5-9(8)12)10(15)3-4-14(13)6-10/h1-2,5,15H,3-4,6H2. The van der Waals surface area contributed by atoms with Gasteiger partial charge in [-0.2, -0.15) is 0 Å². The van der Waals surface area contributed by atoms with Gasteiger partial charge < -0.3 is 5.11 Å². The Labute approximate surface area is 103 Å². The number of hydrogen-bond donors (Lipinski definition) is 1. The summed E-state index contributed by atoms with van der Waals surface area (Å²) in [4.78, 5) is 0. The zero-order valence-electron chi connectivity index (χ0n) is 7.88. The van der Waals surface area contributed by atoms with E-state index in [9.17, 15) is 5.11 Å². The Kier molecular flexibility index (Phi) is 3.15. The van der Waals surface area contributed by atoms with Crippen LogP contribution in [0.5, 0.6) is 0 Å². The molecule has 1 saturated heterocycles. The summed E-state index contributed by atoms with van der Waals surface area (Å²) in [7, 11) is 0. The second kappa shape index (κ2) is 4.11. The van der Waals surface area contributed by atoms with Gasteiger partial charge in [-0.25, -0.2) is 4.42 Å². The van der Waals surface area contributed by atoms with Crippen LogP contribution in [0.3, 0.4) is 0 Å². The third kappa shape index (κ3) is 2.24. The number of benzene rings is 1. The van der Waals surface area contributed by atoms with Crippen molar-refractivity contribution in [2.24, 2.45) is 0 Å². The summed E-state index contributed by atoms with van der Waals surface area (Å²) in [5.41, 5.74) is -0.143. The minimum absolute atomic E-state index is 0.409. The van der Waals surface area contributed by atoms with Crippen molar-refractivity contribution in [2.45, 2.75) is 12.0 Å². The molecule has 1 fully saturated rings. The highest BCUT2D eigenvalue weighted by Gasteiger charge is 2.37. The van der Waals surface area contributed by atoms with Gasteiger partial charge in [0.15, 0.2) is 0 Å². The van der Waals surface area contributed by atoms with Crippen molar-refractivity contribution in [3.63, 3.8) is 0 Å². The fourth-order valence-electron chi connectivity index (χ4n) is 1.77. The van der Waals surface area contributed by atoms with Gasteiger partial charge in [-0.05, 0) is 35.9 Å². The maximum absolute atomic E-state index is 10.3. The fraction of sp³-hybridized carbons (Fsp3) is 0.400. The lowest BCUT2D eigenvalue weighted by Crippen LogP contribution is -2.27. The zero-order chi connectivity index (χ0) is 11.1. The Morgan fingerprint density at radius 3 is 2.53 bits per heavy atom. The summed E-state index contributed by atoms with van der Waals surface area (Å²) in [5.74, 6) is 0. The van der Waals surface area contributed by atoms with Gasteiger partial charge in [0.2, 0.25) is 0 Å². The molecule has 0 aliphatic carbocycles. The van der Waals surface area contributed by atoms with E-state index >= 15 is 0 Å². The smallest absolute Gasteiger partial charge is 0.105 e. The number of aliphatic hydroxyl groups is 1. The lowest BCUT2D eigenvalue weighted by molar-refractivity contribution is 0.0533. The number of halogens is 3. The average molecular weight is 267 g/mol. The first-order valence-corrected chi connectivity index (χ1v) is 5.69. The van der Waals surface area contributed by atoms with E-state index in [2.05, 4.69) is 0 Å². The van der Waals surface area contributed by atoms with E-state index in [-0.39, 0.29) is 0 Å². The topological polar surface area (TPSA) is 23.5 Å². The molecule has 5 heteroatoms. The van der Waals surface area contributed by atoms with Crippen LogP contribution in [-0.4, -0.2) is 22.6 Å². The first-order chi connectivity index (χ1) is 7.01. The first kappa shape index (κ1) is 11.5.